The molecule has 1 aromatic rings. The van der Waals surface area contributed by atoms with Gasteiger partial charge in [0.1, 0.15) is 0 Å². The van der Waals surface area contributed by atoms with E-state index in [4.69, 9.17) is 17.3 Å². The lowest BCUT2D eigenvalue weighted by Gasteiger charge is -2.24. The Morgan fingerprint density at radius 3 is 2.58 bits per heavy atom. The van der Waals surface area contributed by atoms with Gasteiger partial charge in [-0.15, -0.1) is 0 Å². The third kappa shape index (κ3) is 4.51. The van der Waals surface area contributed by atoms with Crippen LogP contribution in [0.15, 0.2) is 24.3 Å². The van der Waals surface area contributed by atoms with Crippen molar-refractivity contribution in [1.29, 1.82) is 0 Å². The summed E-state index contributed by atoms with van der Waals surface area (Å²) < 4.78 is 0. The van der Waals surface area contributed by atoms with Crippen LogP contribution in [0.25, 0.3) is 0 Å². The summed E-state index contributed by atoms with van der Waals surface area (Å²) in [6, 6.07) is 7.37. The van der Waals surface area contributed by atoms with E-state index < -0.39 is 6.04 Å². The van der Waals surface area contributed by atoms with Crippen LogP contribution in [0, 0.1) is 5.92 Å². The second-order valence-corrected chi connectivity index (χ2v) is 5.83. The number of hydrogen-bond donors (Lipinski definition) is 1. The molecule has 1 amide bonds. The number of nitrogens with zero attached hydrogens (tertiary/aromatic N) is 1. The number of carbonyl (C=O) groups excluding carboxylic acids is 1. The van der Waals surface area contributed by atoms with E-state index in [2.05, 4.69) is 0 Å². The van der Waals surface area contributed by atoms with E-state index in [0.717, 1.165) is 24.5 Å². The van der Waals surface area contributed by atoms with Gasteiger partial charge in [-0.25, -0.2) is 0 Å². The van der Waals surface area contributed by atoms with Crippen LogP contribution in [0.2, 0.25) is 5.02 Å². The predicted molar refractivity (Wildman–Crippen MR) is 78.1 cm³/mol. The second-order valence-electron chi connectivity index (χ2n) is 5.39. The molecule has 1 saturated carbocycles. The van der Waals surface area contributed by atoms with E-state index in [-0.39, 0.29) is 5.91 Å². The maximum Gasteiger partial charge on any atom is 0.239 e. The lowest BCUT2D eigenvalue weighted by atomic mass is 10.1. The van der Waals surface area contributed by atoms with Gasteiger partial charge in [-0.1, -0.05) is 23.7 Å². The molecule has 19 heavy (non-hydrogen) atoms. The molecule has 0 saturated heterocycles. The van der Waals surface area contributed by atoms with Crippen molar-refractivity contribution in [3.05, 3.63) is 34.9 Å². The molecule has 1 aliphatic rings. The van der Waals surface area contributed by atoms with Crippen molar-refractivity contribution in [2.45, 2.75) is 32.2 Å². The molecule has 1 atom stereocenters. The number of hydrogen-bond acceptors (Lipinski definition) is 2. The van der Waals surface area contributed by atoms with Gasteiger partial charge >= 0.3 is 0 Å². The highest BCUT2D eigenvalue weighted by molar-refractivity contribution is 6.30. The Labute approximate surface area is 119 Å². The Hall–Kier alpha value is -1.06. The Balaban J connectivity index is 1.91. The maximum atomic E-state index is 12.1. The van der Waals surface area contributed by atoms with Gasteiger partial charge in [0.05, 0.1) is 6.04 Å². The minimum Gasteiger partial charge on any atom is -0.341 e. The molecule has 1 fully saturated rings. The summed E-state index contributed by atoms with van der Waals surface area (Å²) in [7, 11) is 0. The first-order valence-electron chi connectivity index (χ1n) is 6.85. The van der Waals surface area contributed by atoms with E-state index in [0.29, 0.717) is 5.92 Å². The van der Waals surface area contributed by atoms with Gasteiger partial charge in [0, 0.05) is 18.1 Å². The largest absolute Gasteiger partial charge is 0.341 e. The van der Waals surface area contributed by atoms with E-state index in [1.165, 1.54) is 18.4 Å². The molecule has 2 rings (SSSR count). The molecule has 104 valence electrons. The van der Waals surface area contributed by atoms with Crippen LogP contribution >= 0.6 is 11.6 Å². The molecular formula is C15H21ClN2O. The molecule has 0 bridgehead atoms. The van der Waals surface area contributed by atoms with Crippen LogP contribution in [-0.4, -0.2) is 29.9 Å². The summed E-state index contributed by atoms with van der Waals surface area (Å²) >= 11 is 5.86. The molecule has 1 aromatic carbocycles. The van der Waals surface area contributed by atoms with Gasteiger partial charge in [-0.2, -0.15) is 0 Å². The van der Waals surface area contributed by atoms with Crippen molar-refractivity contribution in [3.63, 3.8) is 0 Å². The molecule has 0 spiro atoms. The molecule has 4 heteroatoms. The van der Waals surface area contributed by atoms with E-state index >= 15 is 0 Å². The van der Waals surface area contributed by atoms with E-state index in [1.807, 2.05) is 29.2 Å². The zero-order valence-electron chi connectivity index (χ0n) is 11.3. The third-order valence-corrected chi connectivity index (χ3v) is 3.71. The first kappa shape index (κ1) is 14.4. The summed E-state index contributed by atoms with van der Waals surface area (Å²) in [4.78, 5) is 14.0. The number of nitrogens with two attached hydrogens (primary N) is 1. The summed E-state index contributed by atoms with van der Waals surface area (Å²) in [5.41, 5.74) is 6.91. The van der Waals surface area contributed by atoms with Crippen molar-refractivity contribution >= 4 is 17.5 Å². The van der Waals surface area contributed by atoms with Gasteiger partial charge < -0.3 is 10.6 Å². The first-order chi connectivity index (χ1) is 9.06. The summed E-state index contributed by atoms with van der Waals surface area (Å²) in [6.45, 7) is 3.34. The Morgan fingerprint density at radius 1 is 1.42 bits per heavy atom. The van der Waals surface area contributed by atoms with Gasteiger partial charge in [-0.05, 0) is 49.8 Å². The minimum atomic E-state index is -0.413. The lowest BCUT2D eigenvalue weighted by molar-refractivity contribution is -0.132. The van der Waals surface area contributed by atoms with Gasteiger partial charge in [-0.3, -0.25) is 4.79 Å². The number of halogens is 1. The topological polar surface area (TPSA) is 46.3 Å². The minimum absolute atomic E-state index is 0.0564. The van der Waals surface area contributed by atoms with Crippen LogP contribution in [0.4, 0.5) is 0 Å². The first-order valence-corrected chi connectivity index (χ1v) is 7.23. The van der Waals surface area contributed by atoms with Crippen molar-refractivity contribution in [3.8, 4) is 0 Å². The van der Waals surface area contributed by atoms with Crippen LogP contribution in [-0.2, 0) is 11.2 Å². The number of rotatable bonds is 6. The zero-order chi connectivity index (χ0) is 13.8. The highest BCUT2D eigenvalue weighted by Crippen LogP contribution is 2.29. The van der Waals surface area contributed by atoms with E-state index in [9.17, 15) is 4.79 Å². The average molecular weight is 281 g/mol. The zero-order valence-corrected chi connectivity index (χ0v) is 12.1. The number of amides is 1. The second kappa shape index (κ2) is 6.40. The Morgan fingerprint density at radius 2 is 2.05 bits per heavy atom. The molecule has 0 aliphatic heterocycles. The highest BCUT2D eigenvalue weighted by atomic mass is 35.5. The quantitative estimate of drug-likeness (QED) is 0.870. The summed E-state index contributed by atoms with van der Waals surface area (Å²) in [5, 5.41) is 0.741. The lowest BCUT2D eigenvalue weighted by Crippen LogP contribution is -2.44. The standard InChI is InChI=1S/C15H21ClN2O/c1-11(17)15(19)18(10-13-2-3-13)9-8-12-4-6-14(16)7-5-12/h4-7,11,13H,2-3,8-10,17H2,1H3/t11-/m0/s1. The van der Waals surface area contributed by atoms with Crippen molar-refractivity contribution in [2.24, 2.45) is 11.7 Å². The number of carbonyl (C=O) groups is 1. The molecule has 0 heterocycles. The molecule has 3 nitrogen and oxygen atoms in total. The van der Waals surface area contributed by atoms with Gasteiger partial charge in [0.15, 0.2) is 0 Å². The van der Waals surface area contributed by atoms with Crippen LogP contribution in [0.3, 0.4) is 0 Å². The van der Waals surface area contributed by atoms with Crippen molar-refractivity contribution < 1.29 is 4.79 Å². The fraction of sp³-hybridized carbons (Fsp3) is 0.533. The van der Waals surface area contributed by atoms with Gasteiger partial charge in [0.2, 0.25) is 5.91 Å². The normalized spacial score (nSPS) is 16.2. The van der Waals surface area contributed by atoms with Crippen LogP contribution < -0.4 is 5.73 Å². The molecule has 0 aromatic heterocycles. The SMILES string of the molecule is C[C@H](N)C(=O)N(CCc1ccc(Cl)cc1)CC1CC1. The monoisotopic (exact) mass is 280 g/mol. The third-order valence-electron chi connectivity index (χ3n) is 3.46. The Kier molecular flexibility index (Phi) is 4.83. The van der Waals surface area contributed by atoms with Crippen LogP contribution in [0.1, 0.15) is 25.3 Å². The Bertz CT molecular complexity index is 426. The molecular weight excluding hydrogens is 260 g/mol. The van der Waals surface area contributed by atoms with Crippen molar-refractivity contribution in [2.75, 3.05) is 13.1 Å². The fourth-order valence-electron chi connectivity index (χ4n) is 2.11. The summed E-state index contributed by atoms with van der Waals surface area (Å²) in [5.74, 6) is 0.744. The number of benzene rings is 1. The molecule has 1 aliphatic carbocycles. The molecule has 0 unspecified atom stereocenters. The highest BCUT2D eigenvalue weighted by Gasteiger charge is 2.27. The molecule has 0 radical (unpaired) electrons. The smallest absolute Gasteiger partial charge is 0.239 e. The van der Waals surface area contributed by atoms with Crippen molar-refractivity contribution in [1.82, 2.24) is 4.90 Å². The van der Waals surface area contributed by atoms with Crippen LogP contribution in [0.5, 0.6) is 0 Å². The van der Waals surface area contributed by atoms with E-state index in [1.54, 1.807) is 6.92 Å². The fourth-order valence-corrected chi connectivity index (χ4v) is 2.23. The van der Waals surface area contributed by atoms with Gasteiger partial charge in [0.25, 0.3) is 0 Å². The molecule has 2 N–H and O–H groups in total. The average Bonchev–Trinajstić information content (AvgIpc) is 3.19. The predicted octanol–water partition coefficient (Wildman–Crippen LogP) is 2.47. The summed E-state index contributed by atoms with van der Waals surface area (Å²) in [6.07, 6.45) is 3.33. The maximum absolute atomic E-state index is 12.1.